The number of rotatable bonds is 9. The summed E-state index contributed by atoms with van der Waals surface area (Å²) in [6.07, 6.45) is 8.05. The van der Waals surface area contributed by atoms with Gasteiger partial charge in [0.15, 0.2) is 0 Å². The lowest BCUT2D eigenvalue weighted by Gasteiger charge is -2.38. The van der Waals surface area contributed by atoms with Crippen molar-refractivity contribution >= 4 is 0 Å². The third-order valence-corrected chi connectivity index (χ3v) is 5.99. The maximum absolute atomic E-state index is 10.9. The summed E-state index contributed by atoms with van der Waals surface area (Å²) >= 11 is 0. The molecule has 2 rings (SSSR count). The summed E-state index contributed by atoms with van der Waals surface area (Å²) in [4.78, 5) is 0. The number of aliphatic hydroxyl groups excluding tert-OH is 1. The zero-order valence-electron chi connectivity index (χ0n) is 17.1. The molecule has 3 nitrogen and oxygen atoms in total. The topological polar surface area (TPSA) is 49.7 Å². The fraction of sp³-hybridized carbons (Fsp3) is 0.739. The molecule has 148 valence electrons. The van der Waals surface area contributed by atoms with Crippen LogP contribution in [0.25, 0.3) is 0 Å². The summed E-state index contributed by atoms with van der Waals surface area (Å²) in [5.74, 6) is 3.33. The first-order valence-electron chi connectivity index (χ1n) is 10.6. The van der Waals surface area contributed by atoms with Gasteiger partial charge in [-0.3, -0.25) is 0 Å². The van der Waals surface area contributed by atoms with Crippen molar-refractivity contribution in [3.8, 4) is 11.5 Å². The number of ether oxygens (including phenoxy) is 1. The first-order chi connectivity index (χ1) is 12.5. The maximum atomic E-state index is 10.9. The molecule has 0 amide bonds. The molecule has 0 heterocycles. The molecule has 1 aromatic carbocycles. The Morgan fingerprint density at radius 2 is 1.96 bits per heavy atom. The van der Waals surface area contributed by atoms with Crippen molar-refractivity contribution in [2.24, 2.45) is 17.8 Å². The fourth-order valence-corrected chi connectivity index (χ4v) is 4.57. The molecule has 1 aliphatic carbocycles. The van der Waals surface area contributed by atoms with Gasteiger partial charge >= 0.3 is 0 Å². The summed E-state index contributed by atoms with van der Waals surface area (Å²) in [5.41, 5.74) is 2.11. The van der Waals surface area contributed by atoms with Crippen LogP contribution in [0.5, 0.6) is 11.5 Å². The number of phenolic OH excluding ortho intramolecular Hbond substituents is 1. The van der Waals surface area contributed by atoms with Crippen LogP contribution in [0.15, 0.2) is 12.1 Å². The fourth-order valence-electron chi connectivity index (χ4n) is 4.57. The van der Waals surface area contributed by atoms with E-state index in [1.807, 2.05) is 6.07 Å². The normalized spacial score (nSPS) is 23.4. The van der Waals surface area contributed by atoms with Crippen LogP contribution in [-0.2, 0) is 6.42 Å². The van der Waals surface area contributed by atoms with E-state index in [2.05, 4.69) is 33.8 Å². The number of aliphatic hydroxyl groups is 1. The van der Waals surface area contributed by atoms with Crippen LogP contribution in [0.2, 0.25) is 0 Å². The van der Waals surface area contributed by atoms with Crippen molar-refractivity contribution < 1.29 is 14.9 Å². The van der Waals surface area contributed by atoms with Crippen LogP contribution in [-0.4, -0.2) is 23.4 Å². The lowest BCUT2D eigenvalue weighted by Crippen LogP contribution is -2.26. The standard InChI is InChI=1S/C23H38O3/c1-5-6-7-8-18-14-21(25)23(22(15-18)26-12-11-24)20-13-17(4)9-10-19(20)16(2)3/h14-17,19-20,24-25H,5-13H2,1-4H3/t17-,19-,20+/m0/s1. The van der Waals surface area contributed by atoms with E-state index in [9.17, 15) is 10.2 Å². The number of benzene rings is 1. The van der Waals surface area contributed by atoms with Crippen LogP contribution in [0.1, 0.15) is 83.3 Å². The summed E-state index contributed by atoms with van der Waals surface area (Å²) in [6, 6.07) is 4.06. The second kappa shape index (κ2) is 10.2. The van der Waals surface area contributed by atoms with E-state index < -0.39 is 0 Å². The molecule has 1 aromatic rings. The zero-order chi connectivity index (χ0) is 19.1. The number of phenols is 1. The smallest absolute Gasteiger partial charge is 0.126 e. The highest BCUT2D eigenvalue weighted by molar-refractivity contribution is 5.50. The molecule has 3 heteroatoms. The Morgan fingerprint density at radius 1 is 1.19 bits per heavy atom. The minimum atomic E-state index is -0.00502. The van der Waals surface area contributed by atoms with Crippen molar-refractivity contribution in [2.75, 3.05) is 13.2 Å². The van der Waals surface area contributed by atoms with E-state index in [1.54, 1.807) is 0 Å². The molecule has 3 atom stereocenters. The Bertz CT molecular complexity index is 553. The molecule has 1 saturated carbocycles. The molecule has 2 N–H and O–H groups in total. The number of hydrogen-bond donors (Lipinski definition) is 2. The van der Waals surface area contributed by atoms with Gasteiger partial charge in [-0.25, -0.2) is 0 Å². The lowest BCUT2D eigenvalue weighted by molar-refractivity contribution is 0.178. The van der Waals surface area contributed by atoms with Crippen LogP contribution >= 0.6 is 0 Å². The minimum Gasteiger partial charge on any atom is -0.508 e. The largest absolute Gasteiger partial charge is 0.508 e. The molecular formula is C23H38O3. The van der Waals surface area contributed by atoms with Crippen molar-refractivity contribution in [3.63, 3.8) is 0 Å². The van der Waals surface area contributed by atoms with Gasteiger partial charge in [-0.2, -0.15) is 0 Å². The molecule has 0 saturated heterocycles. The Hall–Kier alpha value is -1.22. The van der Waals surface area contributed by atoms with Gasteiger partial charge in [0.1, 0.15) is 18.1 Å². The predicted molar refractivity (Wildman–Crippen MR) is 108 cm³/mol. The van der Waals surface area contributed by atoms with Crippen LogP contribution in [0.3, 0.4) is 0 Å². The average molecular weight is 363 g/mol. The molecule has 0 spiro atoms. The Balaban J connectivity index is 2.37. The van der Waals surface area contributed by atoms with Crippen molar-refractivity contribution in [2.45, 2.75) is 78.6 Å². The molecule has 0 aromatic heterocycles. The van der Waals surface area contributed by atoms with E-state index in [-0.39, 0.29) is 13.2 Å². The molecule has 26 heavy (non-hydrogen) atoms. The summed E-state index contributed by atoms with van der Waals surface area (Å²) in [7, 11) is 0. The first-order valence-corrected chi connectivity index (χ1v) is 10.6. The molecule has 0 radical (unpaired) electrons. The predicted octanol–water partition coefficient (Wildman–Crippen LogP) is 5.67. The maximum Gasteiger partial charge on any atom is 0.126 e. The van der Waals surface area contributed by atoms with Gasteiger partial charge in [0.2, 0.25) is 0 Å². The second-order valence-corrected chi connectivity index (χ2v) is 8.49. The highest BCUT2D eigenvalue weighted by atomic mass is 16.5. The summed E-state index contributed by atoms with van der Waals surface area (Å²) in [6.45, 7) is 9.37. The third-order valence-electron chi connectivity index (χ3n) is 5.99. The van der Waals surface area contributed by atoms with Gasteiger partial charge < -0.3 is 14.9 Å². The zero-order valence-corrected chi connectivity index (χ0v) is 17.1. The van der Waals surface area contributed by atoms with Gasteiger partial charge in [-0.05, 0) is 67.1 Å². The van der Waals surface area contributed by atoms with Crippen molar-refractivity contribution in [1.82, 2.24) is 0 Å². The SMILES string of the molecule is CCCCCc1cc(O)c([C@@H]2C[C@@H](C)CC[C@H]2C(C)C)c(OCCO)c1. The highest BCUT2D eigenvalue weighted by Gasteiger charge is 2.35. The van der Waals surface area contributed by atoms with E-state index in [4.69, 9.17) is 4.74 Å². The van der Waals surface area contributed by atoms with Crippen LogP contribution in [0.4, 0.5) is 0 Å². The first kappa shape index (κ1) is 21.1. The van der Waals surface area contributed by atoms with E-state index >= 15 is 0 Å². The number of unbranched alkanes of at least 4 members (excludes halogenated alkanes) is 2. The second-order valence-electron chi connectivity index (χ2n) is 8.49. The van der Waals surface area contributed by atoms with Crippen LogP contribution in [0, 0.1) is 17.8 Å². The Labute approximate surface area is 159 Å². The quantitative estimate of drug-likeness (QED) is 0.556. The molecule has 1 fully saturated rings. The van der Waals surface area contributed by atoms with Gasteiger partial charge in [0.05, 0.1) is 6.61 Å². The summed E-state index contributed by atoms with van der Waals surface area (Å²) in [5, 5.41) is 20.2. The lowest BCUT2D eigenvalue weighted by atomic mass is 9.67. The van der Waals surface area contributed by atoms with E-state index in [0.29, 0.717) is 29.4 Å². The number of aromatic hydroxyl groups is 1. The Morgan fingerprint density at radius 3 is 2.62 bits per heavy atom. The number of hydrogen-bond acceptors (Lipinski definition) is 3. The van der Waals surface area contributed by atoms with Gasteiger partial charge in [0, 0.05) is 5.56 Å². The molecule has 0 aliphatic heterocycles. The van der Waals surface area contributed by atoms with E-state index in [0.717, 1.165) is 36.1 Å². The Kier molecular flexibility index (Phi) is 8.27. The van der Waals surface area contributed by atoms with Gasteiger partial charge in [0.25, 0.3) is 0 Å². The average Bonchev–Trinajstić information content (AvgIpc) is 2.59. The minimum absolute atomic E-state index is 0.00502. The van der Waals surface area contributed by atoms with Crippen molar-refractivity contribution in [3.05, 3.63) is 23.3 Å². The molecule has 0 unspecified atom stereocenters. The molecule has 0 bridgehead atoms. The monoisotopic (exact) mass is 362 g/mol. The number of aryl methyl sites for hydroxylation is 1. The van der Waals surface area contributed by atoms with Gasteiger partial charge in [-0.1, -0.05) is 47.0 Å². The van der Waals surface area contributed by atoms with Crippen LogP contribution < -0.4 is 4.74 Å². The van der Waals surface area contributed by atoms with Crippen molar-refractivity contribution in [1.29, 1.82) is 0 Å². The van der Waals surface area contributed by atoms with Gasteiger partial charge in [-0.15, -0.1) is 0 Å². The molecule has 1 aliphatic rings. The third kappa shape index (κ3) is 5.39. The molecular weight excluding hydrogens is 324 g/mol. The highest BCUT2D eigenvalue weighted by Crippen LogP contribution is 2.49. The summed E-state index contributed by atoms with van der Waals surface area (Å²) < 4.78 is 5.92. The van der Waals surface area contributed by atoms with E-state index in [1.165, 1.54) is 25.7 Å².